The minimum absolute atomic E-state index is 0. The van der Waals surface area contributed by atoms with Crippen LogP contribution < -0.4 is 6.15 Å². The van der Waals surface area contributed by atoms with Crippen molar-refractivity contribution < 1.29 is 15.4 Å². The fourth-order valence-electron chi connectivity index (χ4n) is 0. The van der Waals surface area contributed by atoms with Crippen molar-refractivity contribution in [1.82, 2.24) is 6.15 Å². The van der Waals surface area contributed by atoms with Crippen LogP contribution in [-0.4, -0.2) is 31.7 Å². The maximum atomic E-state index is 9.06. The number of rotatable bonds is 0. The van der Waals surface area contributed by atoms with Gasteiger partial charge in [-0.25, -0.2) is 0 Å². The van der Waals surface area contributed by atoms with Gasteiger partial charge in [-0.15, -0.1) is 0 Å². The maximum Gasteiger partial charge on any atom is 0.387 e. The predicted molar refractivity (Wildman–Crippen MR) is 25.2 cm³/mol. The van der Waals surface area contributed by atoms with E-state index in [1.807, 2.05) is 0 Å². The monoisotopic (exact) mass is 109 g/mol. The lowest BCUT2D eigenvalue weighted by Gasteiger charge is -1.60. The first-order chi connectivity index (χ1) is 1.73. The molecule has 0 amide bonds. The minimum Gasteiger partial charge on any atom is -0.497 e. The second-order valence-electron chi connectivity index (χ2n) is 0.519. The maximum absolute atomic E-state index is 9.06. The summed E-state index contributed by atoms with van der Waals surface area (Å²) in [4.78, 5) is 8.37. The molecule has 0 radical (unpaired) electrons. The molecule has 0 aromatic carbocycles. The topological polar surface area (TPSA) is 104 Å². The van der Waals surface area contributed by atoms with Crippen molar-refractivity contribution in [2.75, 3.05) is 0 Å². The van der Waals surface area contributed by atoms with Crippen LogP contribution in [0.25, 0.3) is 0 Å². The van der Waals surface area contributed by atoms with E-state index in [-0.39, 0.29) is 27.9 Å². The summed E-state index contributed by atoms with van der Waals surface area (Å²) in [6.07, 6.45) is 0. The van der Waals surface area contributed by atoms with Crippen molar-refractivity contribution in [3.05, 3.63) is 0 Å². The Morgan fingerprint density at radius 2 is 1.67 bits per heavy atom. The van der Waals surface area contributed by atoms with Gasteiger partial charge in [0.15, 0.2) is 4.83 Å². The Morgan fingerprint density at radius 3 is 1.67 bits per heavy atom. The fourth-order valence-corrected chi connectivity index (χ4v) is 0. The normalized spacial score (nSPS) is 4.00. The van der Waals surface area contributed by atoms with E-state index in [1.165, 1.54) is 0 Å². The largest absolute Gasteiger partial charge is 0.497 e. The Bertz CT molecular complexity index is 33.8. The van der Waals surface area contributed by atoms with Crippen LogP contribution in [0.5, 0.6) is 0 Å². The minimum atomic E-state index is -0.694. The molecule has 6 heavy (non-hydrogen) atoms. The Hall–Kier alpha value is -0.0775. The quantitative estimate of drug-likeness (QED) is 0.375. The Balaban J connectivity index is -0.0000000450. The van der Waals surface area contributed by atoms with Crippen LogP contribution in [0.15, 0.2) is 0 Å². The van der Waals surface area contributed by atoms with Crippen molar-refractivity contribution >= 4 is 21.1 Å². The van der Waals surface area contributed by atoms with Gasteiger partial charge in [0, 0.05) is 0 Å². The lowest BCUT2D eigenvalue weighted by atomic mass is 11.6. The zero-order valence-electron chi connectivity index (χ0n) is 3.56. The van der Waals surface area contributed by atoms with Gasteiger partial charge in [-0.05, 0) is 0 Å². The summed E-state index contributed by atoms with van der Waals surface area (Å²) >= 11 is 0.265. The molecule has 0 aliphatic rings. The molecule has 38 valence electrons. The van der Waals surface area contributed by atoms with E-state index < -0.39 is 4.83 Å². The van der Waals surface area contributed by atoms with Crippen molar-refractivity contribution in [2.45, 2.75) is 0 Å². The van der Waals surface area contributed by atoms with E-state index >= 15 is 0 Å². The second kappa shape index (κ2) is 8.87. The van der Waals surface area contributed by atoms with Crippen molar-refractivity contribution in [2.24, 2.45) is 0 Å². The zero-order chi connectivity index (χ0) is 3.58. The second-order valence-corrected chi connectivity index (χ2v) is 1.37. The van der Waals surface area contributed by atoms with Gasteiger partial charge >= 0.3 is 16.3 Å². The van der Waals surface area contributed by atoms with Crippen molar-refractivity contribution in [3.63, 3.8) is 0 Å². The molecule has 6 N–H and O–H groups in total. The highest BCUT2D eigenvalue weighted by Crippen LogP contribution is 1.41. The fraction of sp³-hybridized carbons (Fsp3) is 0. The summed E-state index contributed by atoms with van der Waals surface area (Å²) in [5.74, 6) is 0. The third kappa shape index (κ3) is 5570. The van der Waals surface area contributed by atoms with Crippen LogP contribution in [-0.2, 0) is 0 Å². The molecule has 0 heterocycles. The van der Waals surface area contributed by atoms with Crippen LogP contribution in [0.4, 0.5) is 4.79 Å². The molecule has 0 aliphatic heterocycles. The molecule has 0 aliphatic carbocycles. The molecule has 0 rings (SSSR count). The standard InChI is InChI=1S/CHO2.Al.H3N.H2O.2H/c2-1-3;;;;;/h(H,2,3);;1H3;1H2;;. The number of carboxylic acid groups (broad SMARTS) is 1. The lowest BCUT2D eigenvalue weighted by molar-refractivity contribution is 0.220. The van der Waals surface area contributed by atoms with Gasteiger partial charge < -0.3 is 16.7 Å². The number of hydrogen-bond donors (Lipinski definition) is 2. The molecule has 4 nitrogen and oxygen atoms in total. The van der Waals surface area contributed by atoms with Gasteiger partial charge in [0.25, 0.3) is 0 Å². The molecule has 0 saturated heterocycles. The first kappa shape index (κ1) is 16.8. The van der Waals surface area contributed by atoms with E-state index in [9.17, 15) is 0 Å². The van der Waals surface area contributed by atoms with E-state index in [2.05, 4.69) is 0 Å². The average Bonchev–Trinajstić information content (AvgIpc) is 0.811. The molecule has 5 heteroatoms. The number of hydrogen-bond acceptors (Lipinski definition) is 2. The van der Waals surface area contributed by atoms with Crippen LogP contribution in [0.1, 0.15) is 0 Å². The van der Waals surface area contributed by atoms with Gasteiger partial charge in [0.1, 0.15) is 0 Å². The van der Waals surface area contributed by atoms with Gasteiger partial charge in [0.2, 0.25) is 0 Å². The zero-order valence-corrected chi connectivity index (χ0v) is 5.56. The van der Waals surface area contributed by atoms with Crippen LogP contribution in [0, 0.1) is 0 Å². The third-order valence-electron chi connectivity index (χ3n) is 0. The molecule has 0 fully saturated rings. The molecule has 0 unspecified atom stereocenters. The van der Waals surface area contributed by atoms with Gasteiger partial charge in [-0.2, -0.15) is 0 Å². The highest BCUT2D eigenvalue weighted by Gasteiger charge is 1.68. The Labute approximate surface area is 43.5 Å². The van der Waals surface area contributed by atoms with E-state index in [4.69, 9.17) is 9.90 Å². The summed E-state index contributed by atoms with van der Waals surface area (Å²) in [6.45, 7) is 0. The molecule has 0 atom stereocenters. The molecule has 0 saturated carbocycles. The summed E-state index contributed by atoms with van der Waals surface area (Å²) in [7, 11) is 0. The molecular formula is CH8AlNO3. The van der Waals surface area contributed by atoms with E-state index in [0.717, 1.165) is 0 Å². The smallest absolute Gasteiger partial charge is 0.387 e. The third-order valence-corrected chi connectivity index (χ3v) is 0. The Kier molecular flexibility index (Phi) is 24.8. The lowest BCUT2D eigenvalue weighted by Crippen LogP contribution is -1.83. The Morgan fingerprint density at radius 1 is 1.67 bits per heavy atom. The molecule has 0 aromatic heterocycles. The predicted octanol–water partition coefficient (Wildman–Crippen LogP) is -1.37. The van der Waals surface area contributed by atoms with Gasteiger partial charge in [-0.1, -0.05) is 0 Å². The first-order valence-corrected chi connectivity index (χ1v) is 1.93. The summed E-state index contributed by atoms with van der Waals surface area (Å²) in [5, 5.41) is 7.48. The molecule has 0 spiro atoms. The highest BCUT2D eigenvalue weighted by molar-refractivity contribution is 6.54. The molecule has 0 bridgehead atoms. The van der Waals surface area contributed by atoms with Crippen LogP contribution in [0.2, 0.25) is 0 Å². The summed E-state index contributed by atoms with van der Waals surface area (Å²) < 4.78 is 0. The number of carbonyl (C=O) groups is 1. The van der Waals surface area contributed by atoms with E-state index in [0.29, 0.717) is 0 Å². The molecule has 0 aromatic rings. The average molecular weight is 109 g/mol. The highest BCUT2D eigenvalue weighted by atomic mass is 27.0. The SMILES string of the molecule is N.O.O=[C](O)[AlH2]. The summed E-state index contributed by atoms with van der Waals surface area (Å²) in [6, 6.07) is 0. The van der Waals surface area contributed by atoms with Gasteiger partial charge in [-0.3, -0.25) is 4.79 Å². The molecular weight excluding hydrogens is 101 g/mol. The van der Waals surface area contributed by atoms with Crippen LogP contribution >= 0.6 is 0 Å². The summed E-state index contributed by atoms with van der Waals surface area (Å²) in [5.41, 5.74) is 0. The van der Waals surface area contributed by atoms with Crippen LogP contribution in [0.3, 0.4) is 0 Å². The van der Waals surface area contributed by atoms with Crippen molar-refractivity contribution in [3.8, 4) is 0 Å². The first-order valence-electron chi connectivity index (χ1n) is 0.928. The van der Waals surface area contributed by atoms with Gasteiger partial charge in [0.05, 0.1) is 0 Å². The van der Waals surface area contributed by atoms with E-state index in [1.54, 1.807) is 0 Å². The van der Waals surface area contributed by atoms with Crippen molar-refractivity contribution in [1.29, 1.82) is 0 Å².